The third-order valence-corrected chi connectivity index (χ3v) is 8.58. The van der Waals surface area contributed by atoms with E-state index in [1.165, 1.54) is 32.1 Å². The van der Waals surface area contributed by atoms with Crippen molar-refractivity contribution in [2.75, 3.05) is 0 Å². The molecule has 0 spiro atoms. The molecular formula is C26H43NO9S. The van der Waals surface area contributed by atoms with Crippen molar-refractivity contribution in [2.45, 2.75) is 116 Å². The first kappa shape index (κ1) is 31.7. The van der Waals surface area contributed by atoms with E-state index in [1.54, 1.807) is 26.2 Å². The Balaban J connectivity index is 2.39. The molecule has 1 fully saturated rings. The van der Waals surface area contributed by atoms with Gasteiger partial charge in [0.25, 0.3) is 0 Å². The Kier molecular flexibility index (Phi) is 10.8. The van der Waals surface area contributed by atoms with Crippen molar-refractivity contribution in [1.29, 1.82) is 0 Å². The first-order chi connectivity index (χ1) is 17.0. The predicted octanol–water partition coefficient (Wildman–Crippen LogP) is 1.42. The molecule has 2 rings (SSSR count). The number of aryl methyl sites for hydroxylation is 1. The van der Waals surface area contributed by atoms with E-state index in [-0.39, 0.29) is 18.0 Å². The van der Waals surface area contributed by atoms with Crippen LogP contribution < -0.4 is 0 Å². The number of Topliss-reactive ketones (excluding diaryl/α,β-unsaturated/α-hetero) is 1. The smallest absolute Gasteiger partial charge is 0.308 e. The lowest BCUT2D eigenvalue weighted by Gasteiger charge is -2.38. The second-order valence-corrected chi connectivity index (χ2v) is 12.3. The largest absolute Gasteiger partial charge is 0.459 e. The number of ether oxygens (including phenoxy) is 1. The van der Waals surface area contributed by atoms with Crippen LogP contribution in [0.25, 0.3) is 0 Å². The Morgan fingerprint density at radius 3 is 2.32 bits per heavy atom. The molecule has 212 valence electrons. The summed E-state index contributed by atoms with van der Waals surface area (Å²) in [6.45, 7) is 9.32. The number of rotatable bonds is 3. The predicted molar refractivity (Wildman–Crippen MR) is 137 cm³/mol. The molecule has 1 aromatic rings. The van der Waals surface area contributed by atoms with Gasteiger partial charge >= 0.3 is 5.97 Å². The number of hydrogen-bond donors (Lipinski definition) is 6. The summed E-state index contributed by atoms with van der Waals surface area (Å²) in [7, 11) is 0. The number of thiazole rings is 1. The molecule has 10 nitrogen and oxygen atoms in total. The lowest BCUT2D eigenvalue weighted by Crippen LogP contribution is -2.51. The fourth-order valence-electron chi connectivity index (χ4n) is 4.79. The lowest BCUT2D eigenvalue weighted by atomic mass is 9.73. The molecule has 1 aromatic heterocycles. The van der Waals surface area contributed by atoms with Gasteiger partial charge < -0.3 is 35.4 Å². The second kappa shape index (κ2) is 12.6. The Labute approximate surface area is 222 Å². The van der Waals surface area contributed by atoms with Gasteiger partial charge in [0.2, 0.25) is 0 Å². The number of nitrogens with zero attached hydrogens (tertiary/aromatic N) is 1. The Morgan fingerprint density at radius 1 is 1.14 bits per heavy atom. The summed E-state index contributed by atoms with van der Waals surface area (Å²) in [6.07, 6.45) is -8.04. The number of aliphatic hydroxyl groups excluding tert-OH is 5. The highest BCUT2D eigenvalue weighted by Crippen LogP contribution is 2.36. The summed E-state index contributed by atoms with van der Waals surface area (Å²) < 4.78 is 5.48. The maximum atomic E-state index is 13.2. The van der Waals surface area contributed by atoms with Crippen LogP contribution in [0.3, 0.4) is 0 Å². The molecule has 0 saturated carbocycles. The molecule has 37 heavy (non-hydrogen) atoms. The molecule has 6 N–H and O–H groups in total. The van der Waals surface area contributed by atoms with Crippen LogP contribution in [-0.2, 0) is 14.3 Å². The Bertz CT molecular complexity index is 918. The van der Waals surface area contributed by atoms with Gasteiger partial charge in [-0.25, -0.2) is 4.98 Å². The summed E-state index contributed by atoms with van der Waals surface area (Å²) in [6, 6.07) is 0. The molecule has 0 bridgehead atoms. The van der Waals surface area contributed by atoms with Gasteiger partial charge in [0.05, 0.1) is 47.0 Å². The van der Waals surface area contributed by atoms with Gasteiger partial charge in [0, 0.05) is 17.7 Å². The molecule has 9 atom stereocenters. The Morgan fingerprint density at radius 2 is 1.76 bits per heavy atom. The molecule has 1 aliphatic heterocycles. The maximum Gasteiger partial charge on any atom is 0.308 e. The van der Waals surface area contributed by atoms with E-state index in [1.807, 2.05) is 0 Å². The highest BCUT2D eigenvalue weighted by atomic mass is 32.1. The number of aliphatic hydroxyl groups is 6. The van der Waals surface area contributed by atoms with E-state index in [4.69, 9.17) is 4.74 Å². The van der Waals surface area contributed by atoms with Gasteiger partial charge in [0.15, 0.2) is 0 Å². The zero-order valence-electron chi connectivity index (χ0n) is 22.5. The highest BCUT2D eigenvalue weighted by Gasteiger charge is 2.47. The maximum absolute atomic E-state index is 13.2. The first-order valence-electron chi connectivity index (χ1n) is 12.8. The van der Waals surface area contributed by atoms with Crippen molar-refractivity contribution in [2.24, 2.45) is 17.3 Å². The highest BCUT2D eigenvalue weighted by molar-refractivity contribution is 7.09. The summed E-state index contributed by atoms with van der Waals surface area (Å²) in [4.78, 5) is 30.3. The van der Waals surface area contributed by atoms with Gasteiger partial charge in [-0.2, -0.15) is 0 Å². The van der Waals surface area contributed by atoms with E-state index in [2.05, 4.69) is 4.98 Å². The average molecular weight is 546 g/mol. The molecule has 0 aliphatic carbocycles. The lowest BCUT2D eigenvalue weighted by molar-refractivity contribution is -0.190. The van der Waals surface area contributed by atoms with Crippen LogP contribution in [0.4, 0.5) is 0 Å². The molecule has 11 heteroatoms. The van der Waals surface area contributed by atoms with Crippen molar-refractivity contribution in [1.82, 2.24) is 4.98 Å². The third-order valence-electron chi connectivity index (χ3n) is 7.79. The van der Waals surface area contributed by atoms with E-state index in [0.717, 1.165) is 0 Å². The summed E-state index contributed by atoms with van der Waals surface area (Å²) in [5, 5.41) is 67.2. The summed E-state index contributed by atoms with van der Waals surface area (Å²) in [5.41, 5.74) is -3.33. The van der Waals surface area contributed by atoms with E-state index in [0.29, 0.717) is 17.8 Å². The molecule has 0 aromatic carbocycles. The van der Waals surface area contributed by atoms with Crippen LogP contribution in [0, 0.1) is 24.2 Å². The van der Waals surface area contributed by atoms with Crippen molar-refractivity contribution < 1.29 is 45.0 Å². The number of carbonyl (C=O) groups is 2. The van der Waals surface area contributed by atoms with Crippen molar-refractivity contribution in [3.05, 3.63) is 16.1 Å². The van der Waals surface area contributed by atoms with Crippen molar-refractivity contribution in [3.8, 4) is 0 Å². The number of hydrogen-bond acceptors (Lipinski definition) is 11. The Hall–Kier alpha value is -1.47. The fraction of sp³-hybridized carbons (Fsp3) is 0.808. The minimum absolute atomic E-state index is 0.166. The van der Waals surface area contributed by atoms with Gasteiger partial charge in [-0.05, 0) is 32.6 Å². The third kappa shape index (κ3) is 7.56. The van der Waals surface area contributed by atoms with Crippen LogP contribution in [0.1, 0.15) is 83.5 Å². The molecule has 0 amide bonds. The number of aromatic nitrogens is 1. The minimum atomic E-state index is -2.11. The van der Waals surface area contributed by atoms with E-state index in [9.17, 15) is 40.2 Å². The normalized spacial score (nSPS) is 35.4. The topological polar surface area (TPSA) is 178 Å². The van der Waals surface area contributed by atoms with Gasteiger partial charge in [0.1, 0.15) is 23.6 Å². The number of esters is 1. The minimum Gasteiger partial charge on any atom is -0.459 e. The molecule has 1 saturated heterocycles. The van der Waals surface area contributed by atoms with Crippen molar-refractivity contribution in [3.63, 3.8) is 0 Å². The molecule has 1 aliphatic rings. The van der Waals surface area contributed by atoms with Gasteiger partial charge in [-0.1, -0.05) is 34.1 Å². The number of cyclic esters (lactones) is 1. The standard InChI is InChI=1S/C26H43NO9S/c1-13-8-7-9-17(28)18(29)10-20(26(6,35)24(34)16-12-37-15(3)27-16)36-21(31)11-19(30)25(4,5)23(33)14(2)22(13)32/h12-14,17-20,22,24,28-30,32,34-35H,7-11H2,1-6H3/t13-,14+,17?,18?,19-,20-,22-,24?,26?/m0/s1. The molecule has 4 unspecified atom stereocenters. The van der Waals surface area contributed by atoms with Crippen LogP contribution in [0.15, 0.2) is 5.38 Å². The fourth-order valence-corrected chi connectivity index (χ4v) is 5.43. The van der Waals surface area contributed by atoms with Crippen LogP contribution >= 0.6 is 11.3 Å². The number of carbonyl (C=O) groups excluding carboxylic acids is 2. The SMILES string of the molecule is Cc1nc(C(O)C(C)(O)[C@@H]2CC(O)C(O)CCC[C@H](C)[C@H](O)[C@@H](C)C(=O)C(C)(C)[C@@H](O)CC(=O)O2)cs1. The van der Waals surface area contributed by atoms with E-state index < -0.39 is 78.2 Å². The van der Waals surface area contributed by atoms with Gasteiger partial charge in [-0.3, -0.25) is 9.59 Å². The summed E-state index contributed by atoms with van der Waals surface area (Å²) >= 11 is 1.26. The van der Waals surface area contributed by atoms with Crippen LogP contribution in [0.2, 0.25) is 0 Å². The zero-order chi connectivity index (χ0) is 28.3. The number of ketones is 1. The molecule has 0 radical (unpaired) electrons. The van der Waals surface area contributed by atoms with Crippen LogP contribution in [0.5, 0.6) is 0 Å². The van der Waals surface area contributed by atoms with Gasteiger partial charge in [-0.15, -0.1) is 11.3 Å². The summed E-state index contributed by atoms with van der Waals surface area (Å²) in [5.74, 6) is -2.48. The van der Waals surface area contributed by atoms with E-state index >= 15 is 0 Å². The van der Waals surface area contributed by atoms with Crippen molar-refractivity contribution >= 4 is 23.1 Å². The molecule has 2 heterocycles. The average Bonchev–Trinajstić information content (AvgIpc) is 3.26. The quantitative estimate of drug-likeness (QED) is 0.304. The zero-order valence-corrected chi connectivity index (χ0v) is 23.3. The monoisotopic (exact) mass is 545 g/mol. The van der Waals surface area contributed by atoms with Crippen LogP contribution in [-0.4, -0.2) is 83.5 Å². The first-order valence-corrected chi connectivity index (χ1v) is 13.7. The second-order valence-electron chi connectivity index (χ2n) is 11.3. The molecular weight excluding hydrogens is 502 g/mol.